The van der Waals surface area contributed by atoms with Crippen LogP contribution in [0.2, 0.25) is 0 Å². The zero-order valence-corrected chi connectivity index (χ0v) is 18.1. The van der Waals surface area contributed by atoms with Crippen molar-refractivity contribution in [1.29, 1.82) is 0 Å². The van der Waals surface area contributed by atoms with Gasteiger partial charge in [-0.1, -0.05) is 24.1 Å². The van der Waals surface area contributed by atoms with Crippen molar-refractivity contribution >= 4 is 15.9 Å². The second kappa shape index (κ2) is 9.04. The number of carbonyl (C=O) groups is 1. The van der Waals surface area contributed by atoms with Gasteiger partial charge in [0.15, 0.2) is 5.82 Å². The quantitative estimate of drug-likeness (QED) is 0.713. The summed E-state index contributed by atoms with van der Waals surface area (Å²) in [5.74, 6) is 1.50. The van der Waals surface area contributed by atoms with Crippen LogP contribution in [0.25, 0.3) is 0 Å². The molecule has 1 aliphatic rings. The smallest absolute Gasteiger partial charge is 0.241 e. The lowest BCUT2D eigenvalue weighted by atomic mass is 10.1. The van der Waals surface area contributed by atoms with Crippen LogP contribution in [0.4, 0.5) is 0 Å². The summed E-state index contributed by atoms with van der Waals surface area (Å²) in [6.45, 7) is 6.71. The molecule has 2 aromatic rings. The molecule has 158 valence electrons. The zero-order valence-electron chi connectivity index (χ0n) is 17.3. The molecule has 1 aliphatic heterocycles. The minimum atomic E-state index is -3.66. The third kappa shape index (κ3) is 5.22. The fourth-order valence-corrected chi connectivity index (χ4v) is 5.38. The lowest BCUT2D eigenvalue weighted by Gasteiger charge is -2.13. The van der Waals surface area contributed by atoms with Crippen LogP contribution >= 0.6 is 0 Å². The Morgan fingerprint density at radius 2 is 1.83 bits per heavy atom. The predicted molar refractivity (Wildman–Crippen MR) is 110 cm³/mol. The molecule has 3 rings (SSSR count). The predicted octanol–water partition coefficient (Wildman–Crippen LogP) is 1.91. The summed E-state index contributed by atoms with van der Waals surface area (Å²) in [5.41, 5.74) is 2.42. The number of rotatable bonds is 7. The molecular formula is C20H29N5O3S. The number of aromatic nitrogens is 3. The van der Waals surface area contributed by atoms with E-state index in [1.165, 1.54) is 6.42 Å². The molecule has 1 aromatic carbocycles. The number of amides is 1. The van der Waals surface area contributed by atoms with E-state index in [2.05, 4.69) is 24.8 Å². The van der Waals surface area contributed by atoms with Gasteiger partial charge in [0.2, 0.25) is 15.9 Å². The average molecular weight is 420 g/mol. The highest BCUT2D eigenvalue weighted by molar-refractivity contribution is 7.89. The number of hydrogen-bond donors (Lipinski definition) is 2. The number of aryl methyl sites for hydroxylation is 4. The van der Waals surface area contributed by atoms with Gasteiger partial charge in [0.1, 0.15) is 5.82 Å². The van der Waals surface area contributed by atoms with Gasteiger partial charge < -0.3 is 9.88 Å². The Bertz CT molecular complexity index is 975. The van der Waals surface area contributed by atoms with Crippen LogP contribution in [0.3, 0.4) is 0 Å². The molecule has 0 bridgehead atoms. The molecule has 0 saturated heterocycles. The standard InChI is InChI=1S/C20H29N5O3S/c1-14-11-15(2)20(16(3)12-14)29(27,28)22-9-8-19(26)21-13-18-24-23-17-7-5-4-6-10-25(17)18/h11-12,22H,4-10,13H2,1-3H3,(H,21,26). The number of hydrogen-bond acceptors (Lipinski definition) is 5. The topological polar surface area (TPSA) is 106 Å². The minimum Gasteiger partial charge on any atom is -0.349 e. The summed E-state index contributed by atoms with van der Waals surface area (Å²) in [6, 6.07) is 3.69. The summed E-state index contributed by atoms with van der Waals surface area (Å²) < 4.78 is 29.9. The number of nitrogens with one attached hydrogen (secondary N) is 2. The van der Waals surface area contributed by atoms with Crippen molar-refractivity contribution in [3.63, 3.8) is 0 Å². The van der Waals surface area contributed by atoms with E-state index in [0.717, 1.165) is 43.0 Å². The van der Waals surface area contributed by atoms with Crippen LogP contribution in [0.1, 0.15) is 54.0 Å². The van der Waals surface area contributed by atoms with Gasteiger partial charge >= 0.3 is 0 Å². The number of nitrogens with zero attached hydrogens (tertiary/aromatic N) is 3. The molecule has 29 heavy (non-hydrogen) atoms. The van der Waals surface area contributed by atoms with Crippen molar-refractivity contribution in [2.24, 2.45) is 0 Å². The van der Waals surface area contributed by atoms with Gasteiger partial charge in [-0.15, -0.1) is 10.2 Å². The summed E-state index contributed by atoms with van der Waals surface area (Å²) in [4.78, 5) is 12.5. The Balaban J connectivity index is 1.52. The molecule has 9 heteroatoms. The van der Waals surface area contributed by atoms with E-state index in [1.54, 1.807) is 13.8 Å². The van der Waals surface area contributed by atoms with E-state index in [4.69, 9.17) is 0 Å². The fraction of sp³-hybridized carbons (Fsp3) is 0.550. The van der Waals surface area contributed by atoms with E-state index >= 15 is 0 Å². The van der Waals surface area contributed by atoms with Crippen LogP contribution in [-0.2, 0) is 34.3 Å². The molecule has 0 spiro atoms. The Labute approximate surface area is 172 Å². The van der Waals surface area contributed by atoms with E-state index in [0.29, 0.717) is 17.7 Å². The first kappa shape index (κ1) is 21.4. The van der Waals surface area contributed by atoms with Crippen LogP contribution in [0.15, 0.2) is 17.0 Å². The van der Waals surface area contributed by atoms with Crippen LogP contribution in [0, 0.1) is 20.8 Å². The summed E-state index contributed by atoms with van der Waals surface area (Å²) in [7, 11) is -3.66. The Morgan fingerprint density at radius 3 is 2.55 bits per heavy atom. The maximum Gasteiger partial charge on any atom is 0.241 e. The first-order valence-electron chi connectivity index (χ1n) is 10.0. The lowest BCUT2D eigenvalue weighted by Crippen LogP contribution is -2.31. The molecule has 0 fully saturated rings. The molecule has 1 aromatic heterocycles. The van der Waals surface area contributed by atoms with E-state index in [1.807, 2.05) is 19.1 Å². The van der Waals surface area contributed by atoms with Crippen LogP contribution in [0.5, 0.6) is 0 Å². The van der Waals surface area contributed by atoms with Crippen molar-refractivity contribution in [3.05, 3.63) is 40.5 Å². The van der Waals surface area contributed by atoms with Crippen molar-refractivity contribution in [3.8, 4) is 0 Å². The molecule has 0 unspecified atom stereocenters. The number of carbonyl (C=O) groups excluding carboxylic acids is 1. The molecule has 0 saturated carbocycles. The highest BCUT2D eigenvalue weighted by Crippen LogP contribution is 2.21. The van der Waals surface area contributed by atoms with Gasteiger partial charge in [-0.25, -0.2) is 13.1 Å². The Kier molecular flexibility index (Phi) is 6.69. The number of sulfonamides is 1. The molecule has 1 amide bonds. The van der Waals surface area contributed by atoms with Gasteiger partial charge in [0.05, 0.1) is 11.4 Å². The first-order chi connectivity index (χ1) is 13.8. The summed E-state index contributed by atoms with van der Waals surface area (Å²) in [5, 5.41) is 11.2. The fourth-order valence-electron chi connectivity index (χ4n) is 3.90. The van der Waals surface area contributed by atoms with E-state index in [9.17, 15) is 13.2 Å². The SMILES string of the molecule is Cc1cc(C)c(S(=O)(=O)NCCC(=O)NCc2nnc3n2CCCCC3)c(C)c1. The molecule has 0 aliphatic carbocycles. The molecule has 0 atom stereocenters. The maximum atomic E-state index is 12.6. The van der Waals surface area contributed by atoms with Gasteiger partial charge in [-0.05, 0) is 44.7 Å². The second-order valence-electron chi connectivity index (χ2n) is 7.65. The Hall–Kier alpha value is -2.26. The third-order valence-electron chi connectivity index (χ3n) is 5.15. The second-order valence-corrected chi connectivity index (χ2v) is 9.35. The highest BCUT2D eigenvalue weighted by atomic mass is 32.2. The molecule has 2 N–H and O–H groups in total. The van der Waals surface area contributed by atoms with Crippen molar-refractivity contribution in [1.82, 2.24) is 24.8 Å². The van der Waals surface area contributed by atoms with Gasteiger partial charge in [-0.3, -0.25) is 4.79 Å². The normalized spacial score (nSPS) is 14.3. The number of benzene rings is 1. The third-order valence-corrected chi connectivity index (χ3v) is 6.91. The van der Waals surface area contributed by atoms with Crippen molar-refractivity contribution in [2.45, 2.75) is 70.9 Å². The Morgan fingerprint density at radius 1 is 1.10 bits per heavy atom. The maximum absolute atomic E-state index is 12.6. The van der Waals surface area contributed by atoms with Crippen LogP contribution < -0.4 is 10.0 Å². The largest absolute Gasteiger partial charge is 0.349 e. The first-order valence-corrected chi connectivity index (χ1v) is 11.5. The zero-order chi connectivity index (χ0) is 21.0. The minimum absolute atomic E-state index is 0.0405. The molecule has 2 heterocycles. The number of fused-ring (bicyclic) bond motifs is 1. The monoisotopic (exact) mass is 419 g/mol. The average Bonchev–Trinajstić information content (AvgIpc) is 2.85. The molecular weight excluding hydrogens is 390 g/mol. The van der Waals surface area contributed by atoms with Crippen molar-refractivity contribution < 1.29 is 13.2 Å². The molecule has 8 nitrogen and oxygen atoms in total. The van der Waals surface area contributed by atoms with Gasteiger partial charge in [-0.2, -0.15) is 0 Å². The van der Waals surface area contributed by atoms with Gasteiger partial charge in [0, 0.05) is 25.9 Å². The van der Waals surface area contributed by atoms with Gasteiger partial charge in [0.25, 0.3) is 0 Å². The van der Waals surface area contributed by atoms with Crippen LogP contribution in [-0.4, -0.2) is 35.6 Å². The summed E-state index contributed by atoms with van der Waals surface area (Å²) >= 11 is 0. The van der Waals surface area contributed by atoms with E-state index < -0.39 is 10.0 Å². The lowest BCUT2D eigenvalue weighted by molar-refractivity contribution is -0.121. The molecule has 0 radical (unpaired) electrons. The van der Waals surface area contributed by atoms with Crippen molar-refractivity contribution in [2.75, 3.05) is 6.54 Å². The highest BCUT2D eigenvalue weighted by Gasteiger charge is 2.20. The summed E-state index contributed by atoms with van der Waals surface area (Å²) in [6.07, 6.45) is 4.36. The van der Waals surface area contributed by atoms with E-state index in [-0.39, 0.29) is 23.8 Å².